The number of Topliss-reactive ketones (excluding diaryl/α,β-unsaturated/α-hetero) is 1. The molecule has 0 saturated carbocycles. The minimum absolute atomic E-state index is 0.0649. The highest BCUT2D eigenvalue weighted by Crippen LogP contribution is 2.41. The molecule has 4 unspecified atom stereocenters. The first kappa shape index (κ1) is 22.1. The number of fused-ring (bicyclic) bond motifs is 2. The van der Waals surface area contributed by atoms with Gasteiger partial charge in [-0.2, -0.15) is 0 Å². The lowest BCUT2D eigenvalue weighted by atomic mass is 9.86. The Balaban J connectivity index is 1.75. The third-order valence-electron chi connectivity index (χ3n) is 6.14. The molecule has 3 heterocycles. The zero-order valence-electron chi connectivity index (χ0n) is 18.3. The third-order valence-corrected chi connectivity index (χ3v) is 6.14. The van der Waals surface area contributed by atoms with Gasteiger partial charge in [0.15, 0.2) is 11.9 Å². The Labute approximate surface area is 182 Å². The number of benzene rings is 1. The Morgan fingerprint density at radius 3 is 2.53 bits per heavy atom. The summed E-state index contributed by atoms with van der Waals surface area (Å²) in [5.74, 6) is -0.781. The summed E-state index contributed by atoms with van der Waals surface area (Å²) in [5.41, 5.74) is -1.74. The van der Waals surface area contributed by atoms with E-state index in [9.17, 15) is 19.5 Å². The van der Waals surface area contributed by atoms with E-state index in [4.69, 9.17) is 28.1 Å². The molecule has 32 heavy (non-hydrogen) atoms. The van der Waals surface area contributed by atoms with Crippen LogP contribution in [0.3, 0.4) is 0 Å². The summed E-state index contributed by atoms with van der Waals surface area (Å²) < 4.78 is 33.7. The Hall–Kier alpha value is -3.11. The zero-order valence-corrected chi connectivity index (χ0v) is 18.3. The first-order chi connectivity index (χ1) is 15.1. The number of carbonyl (C=O) groups excluding carboxylic acids is 2. The number of aryl methyl sites for hydroxylation is 1. The second-order valence-electron chi connectivity index (χ2n) is 8.08. The maximum absolute atomic E-state index is 12.2. The van der Waals surface area contributed by atoms with Crippen LogP contribution in [0.5, 0.6) is 11.5 Å². The van der Waals surface area contributed by atoms with Crippen LogP contribution in [0.1, 0.15) is 43.1 Å². The molecular weight excluding hydrogens is 424 g/mol. The quantitative estimate of drug-likeness (QED) is 0.414. The molecule has 2 saturated heterocycles. The van der Waals surface area contributed by atoms with Gasteiger partial charge in [0, 0.05) is 12.7 Å². The van der Waals surface area contributed by atoms with Gasteiger partial charge in [-0.1, -0.05) is 6.92 Å². The standard InChI is InChI=1S/C22H24O10/c1-6-22(4)18(27-5)16-17(31-21(26)30-16)20(32-22)28-12-8-7-11-14(24)13(10(3)23)19(25)29-15(11)9(12)2/h7-8,16-18,20,24H,6H2,1-5H3/t16?,17?,18?,20?,22-/m0/s1. The smallest absolute Gasteiger partial charge is 0.506 e. The predicted molar refractivity (Wildman–Crippen MR) is 109 cm³/mol. The predicted octanol–water partition coefficient (Wildman–Crippen LogP) is 2.83. The van der Waals surface area contributed by atoms with Gasteiger partial charge in [0.2, 0.25) is 12.4 Å². The summed E-state index contributed by atoms with van der Waals surface area (Å²) in [6.07, 6.45) is -3.53. The molecule has 2 aliphatic heterocycles. The van der Waals surface area contributed by atoms with Gasteiger partial charge < -0.3 is 33.2 Å². The largest absolute Gasteiger partial charge is 0.509 e. The number of hydrogen-bond acceptors (Lipinski definition) is 10. The van der Waals surface area contributed by atoms with Crippen LogP contribution < -0.4 is 10.4 Å². The van der Waals surface area contributed by atoms with Crippen molar-refractivity contribution in [2.75, 3.05) is 7.11 Å². The molecule has 2 aliphatic rings. The SMILES string of the molecule is CC[C@]1(C)OC(Oc2ccc3c(O)c(C(C)=O)c(=O)oc3c2C)C2OC(=O)OC2C1OC. The summed E-state index contributed by atoms with van der Waals surface area (Å²) in [4.78, 5) is 35.8. The highest BCUT2D eigenvalue weighted by atomic mass is 16.8. The van der Waals surface area contributed by atoms with Gasteiger partial charge in [-0.05, 0) is 39.3 Å². The van der Waals surface area contributed by atoms with Crippen molar-refractivity contribution >= 4 is 22.9 Å². The molecule has 1 aromatic carbocycles. The Morgan fingerprint density at radius 1 is 1.22 bits per heavy atom. The summed E-state index contributed by atoms with van der Waals surface area (Å²) in [6.45, 7) is 6.53. The molecule has 0 amide bonds. The van der Waals surface area contributed by atoms with E-state index in [2.05, 4.69) is 0 Å². The lowest BCUT2D eigenvalue weighted by Crippen LogP contribution is -2.63. The molecular formula is C22H24O10. The van der Waals surface area contributed by atoms with Crippen molar-refractivity contribution in [1.82, 2.24) is 0 Å². The van der Waals surface area contributed by atoms with Crippen LogP contribution in [0.4, 0.5) is 4.79 Å². The molecule has 1 N–H and O–H groups in total. The van der Waals surface area contributed by atoms with E-state index >= 15 is 0 Å². The summed E-state index contributed by atoms with van der Waals surface area (Å²) in [5, 5.41) is 10.6. The van der Waals surface area contributed by atoms with Crippen molar-refractivity contribution in [2.45, 2.75) is 64.3 Å². The van der Waals surface area contributed by atoms with Crippen LogP contribution in [-0.2, 0) is 18.9 Å². The second kappa shape index (κ2) is 7.79. The van der Waals surface area contributed by atoms with Crippen molar-refractivity contribution in [3.05, 3.63) is 33.7 Å². The van der Waals surface area contributed by atoms with Crippen molar-refractivity contribution < 1.29 is 42.8 Å². The summed E-state index contributed by atoms with van der Waals surface area (Å²) in [6, 6.07) is 3.01. The van der Waals surface area contributed by atoms with E-state index in [0.29, 0.717) is 12.0 Å². The Kier molecular flexibility index (Phi) is 5.38. The fourth-order valence-electron chi connectivity index (χ4n) is 4.26. The molecule has 0 aliphatic carbocycles. The molecule has 10 nitrogen and oxygen atoms in total. The van der Waals surface area contributed by atoms with Gasteiger partial charge in [-0.3, -0.25) is 4.79 Å². The molecule has 10 heteroatoms. The van der Waals surface area contributed by atoms with E-state index in [1.165, 1.54) is 20.1 Å². The minimum Gasteiger partial charge on any atom is -0.506 e. The minimum atomic E-state index is -1.03. The van der Waals surface area contributed by atoms with Crippen molar-refractivity contribution in [3.8, 4) is 11.5 Å². The zero-order chi connectivity index (χ0) is 23.4. The van der Waals surface area contributed by atoms with E-state index in [0.717, 1.165) is 0 Å². The second-order valence-corrected chi connectivity index (χ2v) is 8.08. The number of hydrogen-bond donors (Lipinski definition) is 1. The number of aromatic hydroxyl groups is 1. The van der Waals surface area contributed by atoms with E-state index in [1.54, 1.807) is 13.0 Å². The Morgan fingerprint density at radius 2 is 1.91 bits per heavy atom. The average Bonchev–Trinajstić information content (AvgIpc) is 3.11. The molecule has 4 rings (SSSR count). The van der Waals surface area contributed by atoms with Gasteiger partial charge >= 0.3 is 11.8 Å². The first-order valence-electron chi connectivity index (χ1n) is 10.2. The van der Waals surface area contributed by atoms with Crippen LogP contribution in [0.2, 0.25) is 0 Å². The van der Waals surface area contributed by atoms with E-state index in [1.807, 2.05) is 13.8 Å². The van der Waals surface area contributed by atoms with Crippen molar-refractivity contribution in [2.24, 2.45) is 0 Å². The molecule has 2 aromatic rings. The first-order valence-corrected chi connectivity index (χ1v) is 10.2. The number of rotatable bonds is 5. The topological polar surface area (TPSA) is 131 Å². The normalized spacial score (nSPS) is 29.3. The lowest BCUT2D eigenvalue weighted by Gasteiger charge is -2.46. The van der Waals surface area contributed by atoms with Crippen LogP contribution in [-0.4, -0.2) is 54.4 Å². The van der Waals surface area contributed by atoms with Gasteiger partial charge in [0.1, 0.15) is 28.7 Å². The molecule has 0 spiro atoms. The number of methoxy groups -OCH3 is 1. The van der Waals surface area contributed by atoms with E-state index in [-0.39, 0.29) is 16.7 Å². The summed E-state index contributed by atoms with van der Waals surface area (Å²) >= 11 is 0. The van der Waals surface area contributed by atoms with Gasteiger partial charge in [-0.15, -0.1) is 0 Å². The van der Waals surface area contributed by atoms with Crippen LogP contribution >= 0.6 is 0 Å². The highest BCUT2D eigenvalue weighted by Gasteiger charge is 2.59. The van der Waals surface area contributed by atoms with Crippen LogP contribution in [0, 0.1) is 6.92 Å². The highest BCUT2D eigenvalue weighted by molar-refractivity contribution is 6.02. The number of ether oxygens (including phenoxy) is 5. The average molecular weight is 448 g/mol. The molecule has 5 atom stereocenters. The number of carbonyl (C=O) groups is 2. The van der Waals surface area contributed by atoms with Gasteiger partial charge in [-0.25, -0.2) is 9.59 Å². The van der Waals surface area contributed by atoms with Gasteiger partial charge in [0.05, 0.1) is 11.0 Å². The molecule has 172 valence electrons. The Bertz CT molecular complexity index is 1150. The summed E-state index contributed by atoms with van der Waals surface area (Å²) in [7, 11) is 1.50. The number of ketones is 1. The van der Waals surface area contributed by atoms with Crippen LogP contribution in [0.15, 0.2) is 21.3 Å². The van der Waals surface area contributed by atoms with Gasteiger partial charge in [0.25, 0.3) is 0 Å². The van der Waals surface area contributed by atoms with Crippen LogP contribution in [0.25, 0.3) is 11.0 Å². The fourth-order valence-corrected chi connectivity index (χ4v) is 4.26. The lowest BCUT2D eigenvalue weighted by molar-refractivity contribution is -0.289. The monoisotopic (exact) mass is 448 g/mol. The maximum Gasteiger partial charge on any atom is 0.509 e. The van der Waals surface area contributed by atoms with Crippen molar-refractivity contribution in [3.63, 3.8) is 0 Å². The third kappa shape index (κ3) is 3.30. The fraction of sp³-hybridized carbons (Fsp3) is 0.500. The molecule has 0 radical (unpaired) electrons. The molecule has 0 bridgehead atoms. The maximum atomic E-state index is 12.2. The molecule has 1 aromatic heterocycles. The van der Waals surface area contributed by atoms with E-state index < -0.39 is 59.1 Å². The van der Waals surface area contributed by atoms with Crippen molar-refractivity contribution in [1.29, 1.82) is 0 Å². The molecule has 2 fully saturated rings.